The van der Waals surface area contributed by atoms with Crippen LogP contribution in [-0.2, 0) is 6.42 Å². The first-order valence-corrected chi connectivity index (χ1v) is 12.1. The van der Waals surface area contributed by atoms with Crippen LogP contribution in [0.2, 0.25) is 0 Å². The van der Waals surface area contributed by atoms with Crippen LogP contribution in [-0.4, -0.2) is 5.91 Å². The number of carbonyl (C=O) groups is 1. The van der Waals surface area contributed by atoms with Gasteiger partial charge < -0.3 is 10.6 Å². The second-order valence-corrected chi connectivity index (χ2v) is 9.74. The Morgan fingerprint density at radius 3 is 2.59 bits per heavy atom. The summed E-state index contributed by atoms with van der Waals surface area (Å²) in [4.78, 5) is 13.2. The molecule has 0 radical (unpaired) electrons. The minimum absolute atomic E-state index is 0.0152. The van der Waals surface area contributed by atoms with Crippen molar-refractivity contribution >= 4 is 17.3 Å². The molecule has 3 nitrogen and oxygen atoms in total. The number of para-hydroxylation sites is 1. The first kappa shape index (κ1) is 19.6. The Morgan fingerprint density at radius 2 is 1.75 bits per heavy atom. The Kier molecular flexibility index (Phi) is 4.78. The Bertz CT molecular complexity index is 1150. The van der Waals surface area contributed by atoms with Crippen molar-refractivity contribution in [1.29, 1.82) is 0 Å². The van der Waals surface area contributed by atoms with E-state index in [1.807, 2.05) is 24.3 Å². The molecule has 3 aliphatic rings. The first-order chi connectivity index (χ1) is 15.7. The van der Waals surface area contributed by atoms with E-state index in [1.165, 1.54) is 41.6 Å². The molecule has 2 fully saturated rings. The maximum absolute atomic E-state index is 13.2. The summed E-state index contributed by atoms with van der Waals surface area (Å²) in [6, 6.07) is 25.6. The maximum Gasteiger partial charge on any atom is 0.255 e. The van der Waals surface area contributed by atoms with Gasteiger partial charge in [0.15, 0.2) is 0 Å². The van der Waals surface area contributed by atoms with Gasteiger partial charge >= 0.3 is 0 Å². The van der Waals surface area contributed by atoms with Gasteiger partial charge in [-0.15, -0.1) is 0 Å². The molecule has 2 saturated carbocycles. The average molecular weight is 423 g/mol. The van der Waals surface area contributed by atoms with E-state index in [9.17, 15) is 4.79 Å². The highest BCUT2D eigenvalue weighted by atomic mass is 16.1. The van der Waals surface area contributed by atoms with E-state index in [0.29, 0.717) is 17.9 Å². The second kappa shape index (κ2) is 7.81. The zero-order valence-corrected chi connectivity index (χ0v) is 18.6. The molecule has 32 heavy (non-hydrogen) atoms. The Labute approximate surface area is 190 Å². The quantitative estimate of drug-likeness (QED) is 0.485. The van der Waals surface area contributed by atoms with Crippen molar-refractivity contribution in [2.45, 2.75) is 44.6 Å². The van der Waals surface area contributed by atoms with Crippen LogP contribution in [0.4, 0.5) is 11.4 Å². The first-order valence-electron chi connectivity index (χ1n) is 12.1. The molecule has 3 aromatic carbocycles. The molecule has 0 saturated heterocycles. The summed E-state index contributed by atoms with van der Waals surface area (Å²) in [7, 11) is 0. The lowest BCUT2D eigenvalue weighted by molar-refractivity contribution is 0.102. The number of anilines is 2. The van der Waals surface area contributed by atoms with Gasteiger partial charge in [-0.05, 0) is 90.3 Å². The smallest absolute Gasteiger partial charge is 0.255 e. The number of carbonyl (C=O) groups excluding carboxylic acids is 1. The van der Waals surface area contributed by atoms with Crippen LogP contribution in [0.25, 0.3) is 0 Å². The summed E-state index contributed by atoms with van der Waals surface area (Å²) in [6.07, 6.45) is 4.91. The SMILES string of the molecule is CCc1ccccc1NC(=O)c1ccc2c(c1)[C@@H]1[C@@H]3CC[C@H](C3)[C@@H]1[C@H](c1ccccc1)N2. The summed E-state index contributed by atoms with van der Waals surface area (Å²) >= 11 is 0. The zero-order valence-electron chi connectivity index (χ0n) is 18.6. The molecule has 162 valence electrons. The van der Waals surface area contributed by atoms with E-state index in [-0.39, 0.29) is 5.91 Å². The highest BCUT2D eigenvalue weighted by Gasteiger charge is 2.53. The van der Waals surface area contributed by atoms with Crippen molar-refractivity contribution < 1.29 is 4.79 Å². The molecule has 2 aliphatic carbocycles. The second-order valence-electron chi connectivity index (χ2n) is 9.74. The van der Waals surface area contributed by atoms with Gasteiger partial charge in [-0.25, -0.2) is 0 Å². The van der Waals surface area contributed by atoms with Gasteiger partial charge in [0.25, 0.3) is 5.91 Å². The van der Waals surface area contributed by atoms with Gasteiger partial charge in [-0.2, -0.15) is 0 Å². The lowest BCUT2D eigenvalue weighted by Crippen LogP contribution is -2.35. The fraction of sp³-hybridized carbons (Fsp3) is 0.345. The molecule has 0 unspecified atom stereocenters. The number of aryl methyl sites for hydroxylation is 1. The molecule has 2 bridgehead atoms. The van der Waals surface area contributed by atoms with Crippen molar-refractivity contribution in [3.63, 3.8) is 0 Å². The zero-order chi connectivity index (χ0) is 21.7. The predicted molar refractivity (Wildman–Crippen MR) is 130 cm³/mol. The summed E-state index contributed by atoms with van der Waals surface area (Å²) < 4.78 is 0. The van der Waals surface area contributed by atoms with Gasteiger partial charge in [0.2, 0.25) is 0 Å². The molecular formula is C29H30N2O. The number of hydrogen-bond acceptors (Lipinski definition) is 2. The minimum Gasteiger partial charge on any atom is -0.378 e. The van der Waals surface area contributed by atoms with Gasteiger partial charge in [0.1, 0.15) is 0 Å². The van der Waals surface area contributed by atoms with E-state index >= 15 is 0 Å². The highest BCUT2D eigenvalue weighted by Crippen LogP contribution is 2.63. The van der Waals surface area contributed by atoms with Crippen LogP contribution >= 0.6 is 0 Å². The van der Waals surface area contributed by atoms with Crippen molar-refractivity contribution in [2.24, 2.45) is 17.8 Å². The number of nitrogens with one attached hydrogen (secondary N) is 2. The third kappa shape index (κ3) is 3.14. The van der Waals surface area contributed by atoms with Crippen molar-refractivity contribution in [3.8, 4) is 0 Å². The molecule has 1 aliphatic heterocycles. The van der Waals surface area contributed by atoms with Gasteiger partial charge in [-0.1, -0.05) is 55.5 Å². The number of fused-ring (bicyclic) bond motifs is 7. The third-order valence-electron chi connectivity index (χ3n) is 8.15. The number of amides is 1. The van der Waals surface area contributed by atoms with Crippen LogP contribution in [0.15, 0.2) is 72.8 Å². The summed E-state index contributed by atoms with van der Waals surface area (Å²) in [5.74, 6) is 2.67. The predicted octanol–water partition coefficient (Wildman–Crippen LogP) is 6.80. The number of benzene rings is 3. The normalized spacial score (nSPS) is 27.3. The highest BCUT2D eigenvalue weighted by molar-refractivity contribution is 6.05. The summed E-state index contributed by atoms with van der Waals surface area (Å²) in [6.45, 7) is 2.12. The van der Waals surface area contributed by atoms with Crippen molar-refractivity contribution in [2.75, 3.05) is 10.6 Å². The van der Waals surface area contributed by atoms with Crippen LogP contribution in [0.5, 0.6) is 0 Å². The molecule has 0 spiro atoms. The Balaban J connectivity index is 1.35. The maximum atomic E-state index is 13.2. The standard InChI is InChI=1S/C29H30N2O/c1-2-18-8-6-7-11-24(18)31-29(32)22-14-15-25-23(17-22)26-20-12-13-21(16-20)27(26)28(30-25)19-9-4-3-5-10-19/h3-11,14-15,17,20-21,26-28,30H,2,12-13,16H2,1H3,(H,31,32)/t20-,21-,26+,27+,28+/m1/s1. The van der Waals surface area contributed by atoms with E-state index < -0.39 is 0 Å². The largest absolute Gasteiger partial charge is 0.378 e. The van der Waals surface area contributed by atoms with Crippen LogP contribution in [0, 0.1) is 17.8 Å². The molecule has 6 rings (SSSR count). The van der Waals surface area contributed by atoms with E-state index in [4.69, 9.17) is 0 Å². The average Bonchev–Trinajstić information content (AvgIpc) is 3.47. The van der Waals surface area contributed by atoms with Crippen LogP contribution in [0.3, 0.4) is 0 Å². The Hall–Kier alpha value is -3.07. The number of hydrogen-bond donors (Lipinski definition) is 2. The summed E-state index contributed by atoms with van der Waals surface area (Å²) in [5.41, 5.74) is 6.79. The Morgan fingerprint density at radius 1 is 0.969 bits per heavy atom. The molecule has 3 heteroatoms. The van der Waals surface area contributed by atoms with E-state index in [2.05, 4.69) is 66.1 Å². The van der Waals surface area contributed by atoms with Crippen molar-refractivity contribution in [1.82, 2.24) is 0 Å². The van der Waals surface area contributed by atoms with E-state index in [1.54, 1.807) is 0 Å². The van der Waals surface area contributed by atoms with Crippen LogP contribution in [0.1, 0.15) is 65.2 Å². The molecule has 5 atom stereocenters. The minimum atomic E-state index is -0.0152. The summed E-state index contributed by atoms with van der Waals surface area (Å²) in [5, 5.41) is 7.03. The monoisotopic (exact) mass is 422 g/mol. The van der Waals surface area contributed by atoms with Crippen molar-refractivity contribution in [3.05, 3.63) is 95.1 Å². The third-order valence-corrected chi connectivity index (χ3v) is 8.15. The molecule has 2 N–H and O–H groups in total. The molecule has 1 amide bonds. The van der Waals surface area contributed by atoms with Gasteiger partial charge in [-0.3, -0.25) is 4.79 Å². The van der Waals surface area contributed by atoms with Gasteiger partial charge in [0, 0.05) is 16.9 Å². The van der Waals surface area contributed by atoms with Gasteiger partial charge in [0.05, 0.1) is 6.04 Å². The molecule has 3 aromatic rings. The molecular weight excluding hydrogens is 392 g/mol. The topological polar surface area (TPSA) is 41.1 Å². The lowest BCUT2D eigenvalue weighted by atomic mass is 9.68. The number of rotatable bonds is 4. The fourth-order valence-electron chi connectivity index (χ4n) is 6.76. The lowest BCUT2D eigenvalue weighted by Gasteiger charge is -2.43. The fourth-order valence-corrected chi connectivity index (χ4v) is 6.76. The van der Waals surface area contributed by atoms with Crippen LogP contribution < -0.4 is 10.6 Å². The van der Waals surface area contributed by atoms with E-state index in [0.717, 1.165) is 29.5 Å². The molecule has 0 aromatic heterocycles. The molecule has 1 heterocycles.